The van der Waals surface area contributed by atoms with Crippen LogP contribution < -0.4 is 5.32 Å². The normalized spacial score (nSPS) is 17.5. The molecule has 140 valence electrons. The molecular weight excluding hydrogens is 330 g/mol. The van der Waals surface area contributed by atoms with Crippen molar-refractivity contribution < 1.29 is 9.32 Å². The zero-order valence-electron chi connectivity index (χ0n) is 15.7. The molecule has 1 N–H and O–H groups in total. The topological polar surface area (TPSA) is 84.2 Å². The van der Waals surface area contributed by atoms with Crippen LogP contribution in [0.1, 0.15) is 62.2 Å². The average Bonchev–Trinajstić information content (AvgIpc) is 3.15. The molecule has 2 aromatic rings. The van der Waals surface area contributed by atoms with Gasteiger partial charge in [-0.25, -0.2) is 4.98 Å². The Morgan fingerprint density at radius 2 is 2.31 bits per heavy atom. The molecule has 0 saturated carbocycles. The van der Waals surface area contributed by atoms with Crippen molar-refractivity contribution in [2.75, 3.05) is 25.5 Å². The summed E-state index contributed by atoms with van der Waals surface area (Å²) < 4.78 is 5.23. The van der Waals surface area contributed by atoms with Gasteiger partial charge < -0.3 is 14.7 Å². The molecule has 1 fully saturated rings. The number of nitrogens with zero attached hydrogens (tertiary/aromatic N) is 4. The summed E-state index contributed by atoms with van der Waals surface area (Å²) in [5.41, 5.74) is 1.24. The molecule has 1 saturated heterocycles. The van der Waals surface area contributed by atoms with Crippen molar-refractivity contribution in [2.24, 2.45) is 0 Å². The van der Waals surface area contributed by atoms with Gasteiger partial charge in [0.05, 0.1) is 0 Å². The van der Waals surface area contributed by atoms with E-state index in [-0.39, 0.29) is 11.8 Å². The van der Waals surface area contributed by atoms with Gasteiger partial charge >= 0.3 is 0 Å². The Labute approximate surface area is 154 Å². The quantitative estimate of drug-likeness (QED) is 0.856. The summed E-state index contributed by atoms with van der Waals surface area (Å²) in [6.07, 6.45) is 4.84. The summed E-state index contributed by atoms with van der Waals surface area (Å²) in [4.78, 5) is 23.2. The molecule has 7 nitrogen and oxygen atoms in total. The van der Waals surface area contributed by atoms with E-state index in [9.17, 15) is 4.79 Å². The number of anilines is 1. The molecule has 0 bridgehead atoms. The maximum absolute atomic E-state index is 12.6. The van der Waals surface area contributed by atoms with Gasteiger partial charge in [0.1, 0.15) is 5.82 Å². The highest BCUT2D eigenvalue weighted by Crippen LogP contribution is 2.28. The number of likely N-dealkylation sites (tertiary alicyclic amines) is 1. The third-order valence-electron chi connectivity index (χ3n) is 4.84. The van der Waals surface area contributed by atoms with Crippen LogP contribution in [0, 0.1) is 0 Å². The van der Waals surface area contributed by atoms with Gasteiger partial charge in [0.2, 0.25) is 11.8 Å². The lowest BCUT2D eigenvalue weighted by Crippen LogP contribution is -2.39. The van der Waals surface area contributed by atoms with Gasteiger partial charge in [-0.05, 0) is 30.5 Å². The summed E-state index contributed by atoms with van der Waals surface area (Å²) in [6.45, 7) is 5.62. The first-order valence-electron chi connectivity index (χ1n) is 9.30. The van der Waals surface area contributed by atoms with Crippen LogP contribution >= 0.6 is 0 Å². The predicted octanol–water partition coefficient (Wildman–Crippen LogP) is 2.97. The minimum Gasteiger partial charge on any atom is -0.373 e. The number of pyridine rings is 1. The minimum atomic E-state index is 0.155. The van der Waals surface area contributed by atoms with E-state index < -0.39 is 0 Å². The smallest absolute Gasteiger partial charge is 0.227 e. The Morgan fingerprint density at radius 1 is 1.46 bits per heavy atom. The summed E-state index contributed by atoms with van der Waals surface area (Å²) in [5, 5.41) is 7.03. The summed E-state index contributed by atoms with van der Waals surface area (Å²) in [5.74, 6) is 2.85. The van der Waals surface area contributed by atoms with E-state index >= 15 is 0 Å². The molecule has 0 aliphatic carbocycles. The fourth-order valence-corrected chi connectivity index (χ4v) is 3.29. The molecule has 1 aliphatic rings. The second-order valence-electron chi connectivity index (χ2n) is 7.10. The van der Waals surface area contributed by atoms with Crippen LogP contribution in [0.15, 0.2) is 22.9 Å². The number of hydrogen-bond acceptors (Lipinski definition) is 6. The molecule has 0 unspecified atom stereocenters. The second kappa shape index (κ2) is 8.29. The highest BCUT2D eigenvalue weighted by molar-refractivity contribution is 5.76. The van der Waals surface area contributed by atoms with E-state index in [1.165, 1.54) is 5.56 Å². The minimum absolute atomic E-state index is 0.155. The van der Waals surface area contributed by atoms with Crippen LogP contribution in [0.4, 0.5) is 5.82 Å². The van der Waals surface area contributed by atoms with Crippen LogP contribution in [0.5, 0.6) is 0 Å². The highest BCUT2D eigenvalue weighted by atomic mass is 16.5. The Morgan fingerprint density at radius 3 is 3.04 bits per heavy atom. The molecule has 0 spiro atoms. The number of hydrogen-bond donors (Lipinski definition) is 1. The molecule has 3 rings (SSSR count). The van der Waals surface area contributed by atoms with Crippen molar-refractivity contribution in [3.05, 3.63) is 35.6 Å². The Balaban J connectivity index is 1.57. The average molecular weight is 357 g/mol. The predicted molar refractivity (Wildman–Crippen MR) is 99.0 cm³/mol. The van der Waals surface area contributed by atoms with E-state index in [0.29, 0.717) is 30.5 Å². The first kappa shape index (κ1) is 18.4. The fourth-order valence-electron chi connectivity index (χ4n) is 3.29. The number of aromatic nitrogens is 3. The lowest BCUT2D eigenvalue weighted by molar-refractivity contribution is -0.132. The molecule has 26 heavy (non-hydrogen) atoms. The van der Waals surface area contributed by atoms with E-state index in [4.69, 9.17) is 4.52 Å². The number of rotatable bonds is 6. The number of piperidine rings is 1. The third-order valence-corrected chi connectivity index (χ3v) is 4.84. The Bertz CT molecular complexity index is 743. The van der Waals surface area contributed by atoms with Crippen LogP contribution in [0.25, 0.3) is 0 Å². The van der Waals surface area contributed by atoms with Gasteiger partial charge in [-0.2, -0.15) is 4.98 Å². The number of carbonyl (C=O) groups is 1. The lowest BCUT2D eigenvalue weighted by atomic mass is 9.91. The van der Waals surface area contributed by atoms with Crippen LogP contribution in [0.2, 0.25) is 0 Å². The standard InChI is InChI=1S/C19H27N5O2/c1-13(2)19-22-17(26-23-19)6-7-18(25)24-10-4-5-15(12-24)14-8-9-21-16(11-14)20-3/h8-9,11,13,15H,4-7,10,12H2,1-3H3,(H,20,21)/t15-/m1/s1. The Kier molecular flexibility index (Phi) is 5.85. The molecule has 7 heteroatoms. The van der Waals surface area contributed by atoms with Gasteiger partial charge in [0.15, 0.2) is 5.82 Å². The Hall–Kier alpha value is -2.44. The third kappa shape index (κ3) is 4.39. The number of nitrogens with one attached hydrogen (secondary N) is 1. The van der Waals surface area contributed by atoms with E-state index in [0.717, 1.165) is 31.7 Å². The summed E-state index contributed by atoms with van der Waals surface area (Å²) in [7, 11) is 1.87. The van der Waals surface area contributed by atoms with Gasteiger partial charge in [-0.15, -0.1) is 0 Å². The zero-order chi connectivity index (χ0) is 18.5. The van der Waals surface area contributed by atoms with Crippen molar-refractivity contribution in [3.63, 3.8) is 0 Å². The maximum Gasteiger partial charge on any atom is 0.227 e. The summed E-state index contributed by atoms with van der Waals surface area (Å²) in [6, 6.07) is 4.12. The van der Waals surface area contributed by atoms with E-state index in [1.807, 2.05) is 38.1 Å². The molecule has 1 aliphatic heterocycles. The monoisotopic (exact) mass is 357 g/mol. The van der Waals surface area contributed by atoms with E-state index in [2.05, 4.69) is 26.5 Å². The van der Waals surface area contributed by atoms with Gasteiger partial charge in [0.25, 0.3) is 0 Å². The van der Waals surface area contributed by atoms with Crippen molar-refractivity contribution in [2.45, 2.75) is 51.4 Å². The highest BCUT2D eigenvalue weighted by Gasteiger charge is 2.25. The van der Waals surface area contributed by atoms with Crippen molar-refractivity contribution >= 4 is 11.7 Å². The molecule has 1 atom stereocenters. The van der Waals surface area contributed by atoms with Crippen LogP contribution in [-0.4, -0.2) is 46.1 Å². The number of amides is 1. The molecule has 1 amide bonds. The first-order valence-corrected chi connectivity index (χ1v) is 9.30. The van der Waals surface area contributed by atoms with Crippen molar-refractivity contribution in [3.8, 4) is 0 Å². The molecule has 2 aromatic heterocycles. The van der Waals surface area contributed by atoms with Crippen LogP contribution in [0.3, 0.4) is 0 Å². The SMILES string of the molecule is CNc1cc([C@@H]2CCCN(C(=O)CCc3nc(C(C)C)no3)C2)ccn1. The maximum atomic E-state index is 12.6. The molecule has 3 heterocycles. The number of aryl methyl sites for hydroxylation is 1. The first-order chi connectivity index (χ1) is 12.6. The second-order valence-corrected chi connectivity index (χ2v) is 7.10. The number of carbonyl (C=O) groups excluding carboxylic acids is 1. The van der Waals surface area contributed by atoms with Crippen molar-refractivity contribution in [1.29, 1.82) is 0 Å². The zero-order valence-corrected chi connectivity index (χ0v) is 15.7. The molecular formula is C19H27N5O2. The summed E-state index contributed by atoms with van der Waals surface area (Å²) >= 11 is 0. The molecule has 0 radical (unpaired) electrons. The largest absolute Gasteiger partial charge is 0.373 e. The van der Waals surface area contributed by atoms with E-state index in [1.54, 1.807) is 0 Å². The molecule has 0 aromatic carbocycles. The van der Waals surface area contributed by atoms with Gasteiger partial charge in [-0.3, -0.25) is 4.79 Å². The van der Waals surface area contributed by atoms with Crippen molar-refractivity contribution in [1.82, 2.24) is 20.0 Å². The van der Waals surface area contributed by atoms with Gasteiger partial charge in [-0.1, -0.05) is 19.0 Å². The van der Waals surface area contributed by atoms with Crippen LogP contribution in [-0.2, 0) is 11.2 Å². The lowest BCUT2D eigenvalue weighted by Gasteiger charge is -2.33. The van der Waals surface area contributed by atoms with Gasteiger partial charge in [0, 0.05) is 51.0 Å². The fraction of sp³-hybridized carbons (Fsp3) is 0.579.